The smallest absolute Gasteiger partial charge is 0.119 e. The summed E-state index contributed by atoms with van der Waals surface area (Å²) in [6, 6.07) is 4.06. The van der Waals surface area contributed by atoms with Crippen LogP contribution in [0.3, 0.4) is 0 Å². The van der Waals surface area contributed by atoms with Gasteiger partial charge < -0.3 is 4.74 Å². The van der Waals surface area contributed by atoms with Gasteiger partial charge in [0.2, 0.25) is 0 Å². The fourth-order valence-corrected chi connectivity index (χ4v) is 1.47. The van der Waals surface area contributed by atoms with Crippen molar-refractivity contribution in [2.45, 2.75) is 13.8 Å². The Kier molecular flexibility index (Phi) is 4.13. The van der Waals surface area contributed by atoms with Crippen LogP contribution in [0.4, 0.5) is 0 Å². The van der Waals surface area contributed by atoms with Gasteiger partial charge in [-0.05, 0) is 37.1 Å². The van der Waals surface area contributed by atoms with Crippen LogP contribution in [0.5, 0.6) is 5.75 Å². The number of hydrogen-bond acceptors (Lipinski definition) is 2. The minimum absolute atomic E-state index is 0.656. The quantitative estimate of drug-likeness (QED) is 0.821. The maximum atomic E-state index is 5.47. The van der Waals surface area contributed by atoms with Gasteiger partial charge in [-0.25, -0.2) is 0 Å². The lowest BCUT2D eigenvalue weighted by molar-refractivity contribution is 0.344. The molecule has 0 heterocycles. The number of hydrogen-bond donors (Lipinski definition) is 1. The van der Waals surface area contributed by atoms with Crippen LogP contribution in [0.25, 0.3) is 0 Å². The van der Waals surface area contributed by atoms with Crippen molar-refractivity contribution in [3.05, 3.63) is 27.7 Å². The number of thiol groups is 1. The average Bonchev–Trinajstić information content (AvgIpc) is 2.10. The lowest BCUT2D eigenvalue weighted by Gasteiger charge is -2.08. The third-order valence-corrected chi connectivity index (χ3v) is 3.20. The molecule has 1 rings (SSSR count). The predicted molar refractivity (Wildman–Crippen MR) is 63.0 cm³/mol. The highest BCUT2D eigenvalue weighted by Gasteiger charge is 2.02. The Morgan fingerprint density at radius 2 is 1.85 bits per heavy atom. The molecule has 0 aliphatic heterocycles. The van der Waals surface area contributed by atoms with Gasteiger partial charge in [0.1, 0.15) is 5.75 Å². The zero-order valence-corrected chi connectivity index (χ0v) is 10.3. The van der Waals surface area contributed by atoms with Crippen molar-refractivity contribution in [2.24, 2.45) is 0 Å². The largest absolute Gasteiger partial charge is 0.493 e. The molecule has 0 aliphatic carbocycles. The number of halogens is 1. The van der Waals surface area contributed by atoms with Crippen molar-refractivity contribution in [3.63, 3.8) is 0 Å². The zero-order chi connectivity index (χ0) is 9.84. The lowest BCUT2D eigenvalue weighted by Crippen LogP contribution is -1.98. The van der Waals surface area contributed by atoms with Gasteiger partial charge in [0.25, 0.3) is 0 Å². The van der Waals surface area contributed by atoms with E-state index in [1.165, 1.54) is 11.1 Å². The first-order valence-corrected chi connectivity index (χ1v) is 5.58. The molecular weight excluding hydrogens is 248 g/mol. The van der Waals surface area contributed by atoms with Crippen molar-refractivity contribution in [2.75, 3.05) is 12.4 Å². The second-order valence-electron chi connectivity index (χ2n) is 2.94. The van der Waals surface area contributed by atoms with Crippen LogP contribution in [-0.2, 0) is 0 Å². The highest BCUT2D eigenvalue weighted by molar-refractivity contribution is 9.10. The lowest BCUT2D eigenvalue weighted by atomic mass is 10.1. The standard InChI is InChI=1S/C10H13BrOS/c1-7-5-9(12-3-4-13)6-8(2)10(7)11/h5-6,13H,3-4H2,1-2H3. The van der Waals surface area contributed by atoms with Crippen LogP contribution in [0.15, 0.2) is 16.6 Å². The normalized spacial score (nSPS) is 10.2. The molecule has 13 heavy (non-hydrogen) atoms. The SMILES string of the molecule is Cc1cc(OCCS)cc(C)c1Br. The van der Waals surface area contributed by atoms with Crippen LogP contribution in [0.2, 0.25) is 0 Å². The predicted octanol–water partition coefficient (Wildman–Crippen LogP) is 3.37. The van der Waals surface area contributed by atoms with E-state index >= 15 is 0 Å². The van der Waals surface area contributed by atoms with Gasteiger partial charge in [-0.1, -0.05) is 15.9 Å². The molecule has 0 unspecified atom stereocenters. The number of rotatable bonds is 3. The molecule has 0 aliphatic rings. The van der Waals surface area contributed by atoms with Crippen LogP contribution in [0, 0.1) is 13.8 Å². The Hall–Kier alpha value is -0.150. The van der Waals surface area contributed by atoms with Gasteiger partial charge >= 0.3 is 0 Å². The topological polar surface area (TPSA) is 9.23 Å². The summed E-state index contributed by atoms with van der Waals surface area (Å²) in [6.07, 6.45) is 0. The van der Waals surface area contributed by atoms with Crippen LogP contribution >= 0.6 is 28.6 Å². The van der Waals surface area contributed by atoms with Crippen molar-refractivity contribution in [1.82, 2.24) is 0 Å². The highest BCUT2D eigenvalue weighted by atomic mass is 79.9. The van der Waals surface area contributed by atoms with Crippen molar-refractivity contribution < 1.29 is 4.74 Å². The van der Waals surface area contributed by atoms with Crippen LogP contribution in [-0.4, -0.2) is 12.4 Å². The molecule has 0 saturated heterocycles. The minimum Gasteiger partial charge on any atom is -0.493 e. The van der Waals surface area contributed by atoms with E-state index in [1.807, 2.05) is 12.1 Å². The summed E-state index contributed by atoms with van der Waals surface area (Å²) in [7, 11) is 0. The molecule has 3 heteroatoms. The monoisotopic (exact) mass is 260 g/mol. The van der Waals surface area contributed by atoms with E-state index in [2.05, 4.69) is 42.4 Å². The maximum absolute atomic E-state index is 5.47. The molecule has 1 nitrogen and oxygen atoms in total. The summed E-state index contributed by atoms with van der Waals surface area (Å²) in [5, 5.41) is 0. The summed E-state index contributed by atoms with van der Waals surface area (Å²) in [6.45, 7) is 4.78. The Labute approximate surface area is 93.0 Å². The van der Waals surface area contributed by atoms with E-state index in [9.17, 15) is 0 Å². The van der Waals surface area contributed by atoms with E-state index in [0.717, 1.165) is 16.0 Å². The summed E-state index contributed by atoms with van der Waals surface area (Å²) < 4.78 is 6.63. The molecule has 0 fully saturated rings. The van der Waals surface area contributed by atoms with E-state index in [1.54, 1.807) is 0 Å². The van der Waals surface area contributed by atoms with E-state index in [4.69, 9.17) is 4.74 Å². The van der Waals surface area contributed by atoms with Gasteiger partial charge in [-0.2, -0.15) is 12.6 Å². The van der Waals surface area contributed by atoms with E-state index in [0.29, 0.717) is 6.61 Å². The number of benzene rings is 1. The molecule has 0 aromatic heterocycles. The molecular formula is C10H13BrOS. The Morgan fingerprint density at radius 1 is 1.31 bits per heavy atom. The summed E-state index contributed by atoms with van der Waals surface area (Å²) in [5.41, 5.74) is 2.41. The molecule has 0 atom stereocenters. The Balaban J connectivity index is 2.86. The van der Waals surface area contributed by atoms with Gasteiger partial charge in [0.15, 0.2) is 0 Å². The van der Waals surface area contributed by atoms with Gasteiger partial charge in [-0.15, -0.1) is 0 Å². The van der Waals surface area contributed by atoms with Gasteiger partial charge in [0.05, 0.1) is 6.61 Å². The molecule has 0 bridgehead atoms. The molecule has 0 saturated carbocycles. The second-order valence-corrected chi connectivity index (χ2v) is 4.18. The molecule has 0 amide bonds. The third kappa shape index (κ3) is 2.92. The molecule has 0 spiro atoms. The van der Waals surface area contributed by atoms with Gasteiger partial charge in [-0.3, -0.25) is 0 Å². The summed E-state index contributed by atoms with van der Waals surface area (Å²) >= 11 is 7.60. The first kappa shape index (κ1) is 10.9. The Bertz CT molecular complexity index is 276. The fourth-order valence-electron chi connectivity index (χ4n) is 1.15. The highest BCUT2D eigenvalue weighted by Crippen LogP contribution is 2.26. The molecule has 0 radical (unpaired) electrons. The van der Waals surface area contributed by atoms with Crippen molar-refractivity contribution in [3.8, 4) is 5.75 Å². The molecule has 1 aromatic carbocycles. The average molecular weight is 261 g/mol. The van der Waals surface area contributed by atoms with E-state index < -0.39 is 0 Å². The maximum Gasteiger partial charge on any atom is 0.119 e. The Morgan fingerprint density at radius 3 is 2.31 bits per heavy atom. The fraction of sp³-hybridized carbons (Fsp3) is 0.400. The summed E-state index contributed by atoms with van der Waals surface area (Å²) in [4.78, 5) is 0. The molecule has 1 aromatic rings. The molecule has 72 valence electrons. The van der Waals surface area contributed by atoms with Gasteiger partial charge in [0, 0.05) is 10.2 Å². The first-order valence-electron chi connectivity index (χ1n) is 4.15. The van der Waals surface area contributed by atoms with Crippen LogP contribution < -0.4 is 4.74 Å². The summed E-state index contributed by atoms with van der Waals surface area (Å²) in [5.74, 6) is 1.67. The van der Waals surface area contributed by atoms with E-state index in [-0.39, 0.29) is 0 Å². The molecule has 0 N–H and O–H groups in total. The minimum atomic E-state index is 0.656. The third-order valence-electron chi connectivity index (χ3n) is 1.77. The van der Waals surface area contributed by atoms with Crippen molar-refractivity contribution in [1.29, 1.82) is 0 Å². The first-order chi connectivity index (χ1) is 6.15. The van der Waals surface area contributed by atoms with Crippen molar-refractivity contribution >= 4 is 28.6 Å². The zero-order valence-electron chi connectivity index (χ0n) is 7.80. The second kappa shape index (κ2) is 4.91. The van der Waals surface area contributed by atoms with Crippen LogP contribution in [0.1, 0.15) is 11.1 Å². The number of ether oxygens (including phenoxy) is 1. The number of aryl methyl sites for hydroxylation is 2.